The summed E-state index contributed by atoms with van der Waals surface area (Å²) in [4.78, 5) is 5.91. The van der Waals surface area contributed by atoms with Crippen LogP contribution in [0.3, 0.4) is 0 Å². The van der Waals surface area contributed by atoms with Gasteiger partial charge in [-0.15, -0.1) is 0 Å². The third-order valence-electron chi connectivity index (χ3n) is 3.60. The minimum absolute atomic E-state index is 0.0309. The molecular weight excluding hydrogens is 331 g/mol. The highest BCUT2D eigenvalue weighted by atomic mass is 35.5. The molecule has 7 heteroatoms. The van der Waals surface area contributed by atoms with Gasteiger partial charge in [-0.2, -0.15) is 0 Å². The maximum atomic E-state index is 14.3. The van der Waals surface area contributed by atoms with Gasteiger partial charge in [-0.05, 0) is 25.1 Å². The van der Waals surface area contributed by atoms with E-state index in [1.165, 1.54) is 6.07 Å². The van der Waals surface area contributed by atoms with Crippen molar-refractivity contribution in [1.29, 1.82) is 0 Å². The van der Waals surface area contributed by atoms with E-state index in [0.29, 0.717) is 39.9 Å². The second kappa shape index (κ2) is 7.68. The monoisotopic (exact) mass is 352 g/mol. The van der Waals surface area contributed by atoms with E-state index in [4.69, 9.17) is 22.1 Å². The number of rotatable bonds is 6. The van der Waals surface area contributed by atoms with E-state index < -0.39 is 0 Å². The number of nitrogens with two attached hydrogens (primary N) is 1. The quantitative estimate of drug-likeness (QED) is 0.831. The number of hydrogen-bond donors (Lipinski definition) is 2. The largest absolute Gasteiger partial charge is 0.395 e. The summed E-state index contributed by atoms with van der Waals surface area (Å²) < 4.78 is 19.4. The molecule has 0 aliphatic carbocycles. The summed E-state index contributed by atoms with van der Waals surface area (Å²) in [5.41, 5.74) is 8.22. The molecule has 1 aromatic carbocycles. The molecule has 130 valence electrons. The maximum Gasteiger partial charge on any atom is 0.150 e. The molecule has 2 rings (SSSR count). The van der Waals surface area contributed by atoms with Gasteiger partial charge in [0.05, 0.1) is 23.0 Å². The molecule has 2 aromatic rings. The Morgan fingerprint density at radius 1 is 1.38 bits per heavy atom. The number of ether oxygens (including phenoxy) is 1. The van der Waals surface area contributed by atoms with Crippen LogP contribution in [-0.2, 0) is 4.74 Å². The minimum atomic E-state index is -0.363. The Kier molecular flexibility index (Phi) is 5.85. The lowest BCUT2D eigenvalue weighted by Gasteiger charge is -2.19. The summed E-state index contributed by atoms with van der Waals surface area (Å²) in [7, 11) is 5.14. The van der Waals surface area contributed by atoms with Crippen molar-refractivity contribution in [3.8, 4) is 11.1 Å². The zero-order valence-electron chi connectivity index (χ0n) is 14.2. The van der Waals surface area contributed by atoms with E-state index in [1.54, 1.807) is 44.4 Å². The number of halogens is 2. The standard InChI is InChI=1S/C17H22ClFN4O/c1-10(9-24-4)22-17-16(20)11(5-6-21-17)12-7-14(19)15(23(2)3)8-13(12)18/h5-8,10H,9,20H2,1-4H3,(H,21,22). The predicted octanol–water partition coefficient (Wildman–Crippen LogP) is 3.64. The summed E-state index contributed by atoms with van der Waals surface area (Å²) in [6.45, 7) is 2.47. The summed E-state index contributed by atoms with van der Waals surface area (Å²) in [6, 6.07) is 4.74. The van der Waals surface area contributed by atoms with Crippen LogP contribution < -0.4 is 16.0 Å². The van der Waals surface area contributed by atoms with Crippen molar-refractivity contribution in [3.63, 3.8) is 0 Å². The molecule has 0 bridgehead atoms. The average molecular weight is 353 g/mol. The van der Waals surface area contributed by atoms with E-state index in [-0.39, 0.29) is 11.9 Å². The molecule has 5 nitrogen and oxygen atoms in total. The summed E-state index contributed by atoms with van der Waals surface area (Å²) in [6.07, 6.45) is 1.61. The van der Waals surface area contributed by atoms with Crippen molar-refractivity contribution >= 4 is 28.8 Å². The van der Waals surface area contributed by atoms with Crippen molar-refractivity contribution in [2.75, 3.05) is 43.8 Å². The van der Waals surface area contributed by atoms with E-state index in [1.807, 2.05) is 6.92 Å². The molecule has 0 saturated heterocycles. The molecule has 1 heterocycles. The summed E-state index contributed by atoms with van der Waals surface area (Å²) >= 11 is 6.35. The van der Waals surface area contributed by atoms with Gasteiger partial charge in [-0.3, -0.25) is 0 Å². The fraction of sp³-hybridized carbons (Fsp3) is 0.353. The van der Waals surface area contributed by atoms with Gasteiger partial charge in [-0.25, -0.2) is 9.37 Å². The van der Waals surface area contributed by atoms with Gasteiger partial charge < -0.3 is 20.7 Å². The summed E-state index contributed by atoms with van der Waals surface area (Å²) in [5, 5.41) is 3.60. The second-order valence-electron chi connectivity index (χ2n) is 5.80. The number of anilines is 3. The lowest BCUT2D eigenvalue weighted by molar-refractivity contribution is 0.190. The number of nitrogen functional groups attached to an aromatic ring is 1. The minimum Gasteiger partial charge on any atom is -0.395 e. The van der Waals surface area contributed by atoms with Crippen LogP contribution in [0.15, 0.2) is 24.4 Å². The summed E-state index contributed by atoms with van der Waals surface area (Å²) in [5.74, 6) is 0.156. The van der Waals surface area contributed by atoms with Crippen LogP contribution in [0.5, 0.6) is 0 Å². The van der Waals surface area contributed by atoms with Gasteiger partial charge >= 0.3 is 0 Å². The molecule has 0 aliphatic rings. The first kappa shape index (κ1) is 18.3. The molecule has 0 spiro atoms. The molecule has 1 atom stereocenters. The molecular formula is C17H22ClFN4O. The maximum absolute atomic E-state index is 14.3. The van der Waals surface area contributed by atoms with Gasteiger partial charge in [0.15, 0.2) is 0 Å². The number of nitrogens with zero attached hydrogens (tertiary/aromatic N) is 2. The highest BCUT2D eigenvalue weighted by Gasteiger charge is 2.16. The Labute approximate surface area is 146 Å². The Morgan fingerprint density at radius 2 is 2.08 bits per heavy atom. The molecule has 1 unspecified atom stereocenters. The van der Waals surface area contributed by atoms with Crippen LogP contribution >= 0.6 is 11.6 Å². The number of aromatic nitrogens is 1. The highest BCUT2D eigenvalue weighted by molar-refractivity contribution is 6.33. The van der Waals surface area contributed by atoms with Gasteiger partial charge in [0.2, 0.25) is 0 Å². The first-order valence-corrected chi connectivity index (χ1v) is 7.89. The van der Waals surface area contributed by atoms with Crippen LogP contribution in [-0.4, -0.2) is 38.8 Å². The third-order valence-corrected chi connectivity index (χ3v) is 3.91. The van der Waals surface area contributed by atoms with E-state index in [0.717, 1.165) is 0 Å². The zero-order chi connectivity index (χ0) is 17.9. The smallest absolute Gasteiger partial charge is 0.150 e. The van der Waals surface area contributed by atoms with Crippen molar-refractivity contribution in [2.24, 2.45) is 0 Å². The van der Waals surface area contributed by atoms with Gasteiger partial charge in [0, 0.05) is 44.6 Å². The molecule has 0 saturated carbocycles. The van der Waals surface area contributed by atoms with Crippen LogP contribution in [0.25, 0.3) is 11.1 Å². The predicted molar refractivity (Wildman–Crippen MR) is 98.3 cm³/mol. The first-order valence-electron chi connectivity index (χ1n) is 7.51. The zero-order valence-corrected chi connectivity index (χ0v) is 15.0. The fourth-order valence-electron chi connectivity index (χ4n) is 2.43. The SMILES string of the molecule is COCC(C)Nc1nccc(-c2cc(F)c(N(C)C)cc2Cl)c1N. The van der Waals surface area contributed by atoms with Gasteiger partial charge in [0.1, 0.15) is 11.6 Å². The Bertz CT molecular complexity index is 724. The second-order valence-corrected chi connectivity index (χ2v) is 6.21. The number of pyridine rings is 1. The van der Waals surface area contributed by atoms with Crippen LogP contribution in [0.2, 0.25) is 5.02 Å². The van der Waals surface area contributed by atoms with E-state index >= 15 is 0 Å². The van der Waals surface area contributed by atoms with Gasteiger partial charge in [0.25, 0.3) is 0 Å². The topological polar surface area (TPSA) is 63.4 Å². The van der Waals surface area contributed by atoms with Crippen LogP contribution in [0, 0.1) is 5.82 Å². The number of nitrogens with one attached hydrogen (secondary N) is 1. The molecule has 0 radical (unpaired) electrons. The van der Waals surface area contributed by atoms with Crippen molar-refractivity contribution in [2.45, 2.75) is 13.0 Å². The Balaban J connectivity index is 2.45. The molecule has 1 aromatic heterocycles. The molecule has 0 aliphatic heterocycles. The molecule has 0 amide bonds. The van der Waals surface area contributed by atoms with Crippen molar-refractivity contribution in [1.82, 2.24) is 4.98 Å². The molecule has 3 N–H and O–H groups in total. The lowest BCUT2D eigenvalue weighted by Crippen LogP contribution is -2.22. The van der Waals surface area contributed by atoms with Gasteiger partial charge in [-0.1, -0.05) is 11.6 Å². The van der Waals surface area contributed by atoms with Crippen molar-refractivity contribution < 1.29 is 9.13 Å². The number of hydrogen-bond acceptors (Lipinski definition) is 5. The average Bonchev–Trinajstić information content (AvgIpc) is 2.51. The lowest BCUT2D eigenvalue weighted by atomic mass is 10.0. The first-order chi connectivity index (χ1) is 11.3. The number of benzene rings is 1. The fourth-order valence-corrected chi connectivity index (χ4v) is 2.69. The number of methoxy groups -OCH3 is 1. The molecule has 24 heavy (non-hydrogen) atoms. The van der Waals surface area contributed by atoms with Crippen molar-refractivity contribution in [3.05, 3.63) is 35.2 Å². The van der Waals surface area contributed by atoms with Crippen LogP contribution in [0.4, 0.5) is 21.6 Å². The third kappa shape index (κ3) is 3.88. The Hall–Kier alpha value is -2.05. The van der Waals surface area contributed by atoms with E-state index in [9.17, 15) is 4.39 Å². The highest BCUT2D eigenvalue weighted by Crippen LogP contribution is 2.38. The van der Waals surface area contributed by atoms with E-state index in [2.05, 4.69) is 10.3 Å². The van der Waals surface area contributed by atoms with Crippen LogP contribution in [0.1, 0.15) is 6.92 Å². The molecule has 0 fully saturated rings. The Morgan fingerprint density at radius 3 is 2.71 bits per heavy atom. The normalized spacial score (nSPS) is 12.1.